The van der Waals surface area contributed by atoms with Crippen LogP contribution in [-0.2, 0) is 9.53 Å². The lowest BCUT2D eigenvalue weighted by Crippen LogP contribution is -2.34. The van der Waals surface area contributed by atoms with Crippen molar-refractivity contribution < 1.29 is 18.7 Å². The highest BCUT2D eigenvalue weighted by Crippen LogP contribution is 2.40. The maximum atomic E-state index is 14.2. The molecule has 0 spiro atoms. The number of fused-ring (bicyclic) bond motifs is 1. The first-order valence-electron chi connectivity index (χ1n) is 9.54. The summed E-state index contributed by atoms with van der Waals surface area (Å²) < 4.78 is 25.7. The number of aliphatic imine (C=N–C) groups is 1. The van der Waals surface area contributed by atoms with Crippen LogP contribution in [0.3, 0.4) is 0 Å². The van der Waals surface area contributed by atoms with Crippen molar-refractivity contribution in [3.05, 3.63) is 48.0 Å². The first kappa shape index (κ1) is 20.7. The number of hydrogen-bond acceptors (Lipinski definition) is 5. The van der Waals surface area contributed by atoms with Gasteiger partial charge in [-0.1, -0.05) is 6.07 Å². The lowest BCUT2D eigenvalue weighted by molar-refractivity contribution is -0.114. The summed E-state index contributed by atoms with van der Waals surface area (Å²) in [5, 5.41) is 0. The highest BCUT2D eigenvalue weighted by Gasteiger charge is 2.29. The number of halogens is 1. The maximum absolute atomic E-state index is 14.2. The number of pyridine rings is 1. The number of benzene rings is 1. The summed E-state index contributed by atoms with van der Waals surface area (Å²) in [6, 6.07) is 8.48. The van der Waals surface area contributed by atoms with E-state index in [1.165, 1.54) is 11.1 Å². The lowest BCUT2D eigenvalue weighted by atomic mass is 9.92. The molecule has 0 aliphatic carbocycles. The van der Waals surface area contributed by atoms with Gasteiger partial charge in [-0.2, -0.15) is 4.39 Å². The van der Waals surface area contributed by atoms with E-state index in [1.807, 2.05) is 19.1 Å². The van der Waals surface area contributed by atoms with Crippen LogP contribution >= 0.6 is 0 Å². The third kappa shape index (κ3) is 4.89. The van der Waals surface area contributed by atoms with E-state index in [1.54, 1.807) is 25.2 Å². The van der Waals surface area contributed by atoms with Crippen LogP contribution in [0.4, 0.5) is 4.39 Å². The van der Waals surface area contributed by atoms with Crippen LogP contribution in [0.2, 0.25) is 0 Å². The Kier molecular flexibility index (Phi) is 6.77. The fraction of sp³-hybridized carbons (Fsp3) is 0.381. The molecule has 3 rings (SSSR count). The van der Waals surface area contributed by atoms with Gasteiger partial charge in [0.2, 0.25) is 12.4 Å². The topological polar surface area (TPSA) is 90.0 Å². The normalized spacial score (nSPS) is 18.7. The Morgan fingerprint density at radius 3 is 3.03 bits per heavy atom. The fourth-order valence-electron chi connectivity index (χ4n) is 3.25. The van der Waals surface area contributed by atoms with Gasteiger partial charge >= 0.3 is 0 Å². The molecule has 2 aromatic rings. The molecule has 2 heterocycles. The van der Waals surface area contributed by atoms with Crippen LogP contribution in [0.25, 0.3) is 11.1 Å². The number of guanidine groups is 1. The predicted molar refractivity (Wildman–Crippen MR) is 108 cm³/mol. The molecule has 1 aliphatic heterocycles. The second kappa shape index (κ2) is 9.47. The number of ether oxygens (including phenoxy) is 2. The molecular formula is C21H25FN4O3. The van der Waals surface area contributed by atoms with Gasteiger partial charge in [-0.25, -0.2) is 9.98 Å². The number of aromatic nitrogens is 1. The quantitative estimate of drug-likeness (QED) is 0.254. The molecule has 1 amide bonds. The molecule has 29 heavy (non-hydrogen) atoms. The van der Waals surface area contributed by atoms with Crippen LogP contribution in [0.15, 0.2) is 41.5 Å². The first-order valence-corrected chi connectivity index (χ1v) is 9.54. The Bertz CT molecular complexity index is 890. The number of rotatable bonds is 7. The Morgan fingerprint density at radius 1 is 1.48 bits per heavy atom. The Labute approximate surface area is 169 Å². The zero-order valence-electron chi connectivity index (χ0n) is 16.5. The summed E-state index contributed by atoms with van der Waals surface area (Å²) in [6.45, 7) is 3.16. The lowest BCUT2D eigenvalue weighted by Gasteiger charge is -2.31. The van der Waals surface area contributed by atoms with E-state index in [0.29, 0.717) is 49.3 Å². The van der Waals surface area contributed by atoms with E-state index in [0.717, 1.165) is 5.56 Å². The highest BCUT2D eigenvalue weighted by atomic mass is 19.1. The van der Waals surface area contributed by atoms with Gasteiger partial charge < -0.3 is 15.2 Å². The van der Waals surface area contributed by atoms with Crippen LogP contribution in [0, 0.1) is 5.95 Å². The average Bonchev–Trinajstić information content (AvgIpc) is 2.73. The van der Waals surface area contributed by atoms with Gasteiger partial charge in [0.05, 0.1) is 12.6 Å². The molecule has 2 atom stereocenters. The Morgan fingerprint density at radius 2 is 2.31 bits per heavy atom. The van der Waals surface area contributed by atoms with E-state index in [4.69, 9.17) is 15.2 Å². The number of nitrogens with zero attached hydrogens (tertiary/aromatic N) is 3. The molecule has 0 unspecified atom stereocenters. The molecule has 1 aliphatic rings. The van der Waals surface area contributed by atoms with Gasteiger partial charge in [0.15, 0.2) is 5.96 Å². The van der Waals surface area contributed by atoms with Crippen molar-refractivity contribution in [1.29, 1.82) is 0 Å². The zero-order valence-corrected chi connectivity index (χ0v) is 16.5. The fourth-order valence-corrected chi connectivity index (χ4v) is 3.25. The molecule has 0 saturated heterocycles. The third-order valence-corrected chi connectivity index (χ3v) is 4.81. The summed E-state index contributed by atoms with van der Waals surface area (Å²) in [7, 11) is 1.54. The van der Waals surface area contributed by atoms with Crippen molar-refractivity contribution >= 4 is 12.4 Å². The number of carbonyl (C=O) groups is 1. The van der Waals surface area contributed by atoms with Crippen molar-refractivity contribution in [2.45, 2.75) is 31.9 Å². The predicted octanol–water partition coefficient (Wildman–Crippen LogP) is 2.91. The van der Waals surface area contributed by atoms with Crippen LogP contribution in [-0.4, -0.2) is 48.6 Å². The monoisotopic (exact) mass is 400 g/mol. The van der Waals surface area contributed by atoms with Gasteiger partial charge in [-0.05, 0) is 36.8 Å². The Balaban J connectivity index is 1.97. The van der Waals surface area contributed by atoms with E-state index < -0.39 is 5.95 Å². The van der Waals surface area contributed by atoms with Crippen LogP contribution in [0.1, 0.15) is 31.4 Å². The maximum Gasteiger partial charge on any atom is 0.220 e. The van der Waals surface area contributed by atoms with E-state index in [9.17, 15) is 9.18 Å². The Hall–Kier alpha value is -3.00. The molecule has 0 radical (unpaired) electrons. The third-order valence-electron chi connectivity index (χ3n) is 4.81. The number of carbonyl (C=O) groups excluding carboxylic acids is 1. The first-order chi connectivity index (χ1) is 14.0. The smallest absolute Gasteiger partial charge is 0.220 e. The largest absolute Gasteiger partial charge is 0.490 e. The molecule has 0 bridgehead atoms. The molecule has 154 valence electrons. The van der Waals surface area contributed by atoms with Crippen molar-refractivity contribution in [2.75, 3.05) is 20.3 Å². The van der Waals surface area contributed by atoms with Gasteiger partial charge in [0.1, 0.15) is 11.9 Å². The van der Waals surface area contributed by atoms with Gasteiger partial charge in [0, 0.05) is 43.8 Å². The summed E-state index contributed by atoms with van der Waals surface area (Å²) in [6.07, 6.45) is 3.20. The van der Waals surface area contributed by atoms with E-state index in [-0.39, 0.29) is 18.1 Å². The van der Waals surface area contributed by atoms with Crippen molar-refractivity contribution in [3.63, 3.8) is 0 Å². The van der Waals surface area contributed by atoms with Gasteiger partial charge in [-0.15, -0.1) is 0 Å². The molecule has 7 nitrogen and oxygen atoms in total. The molecule has 0 saturated carbocycles. The molecule has 1 aromatic heterocycles. The number of hydrogen-bond donors (Lipinski definition) is 1. The standard InChI is InChI=1S/C21H25FN4O3/c1-3-28-10-8-15-12-18(25-21(23)26(2)13-27)17-11-14(6-7-19(17)29-15)16-5-4-9-24-20(16)22/h4-7,9,11,13,15,18H,3,8,10,12H2,1-2H3,(H2,23,25)/t15-,18+/m0/s1. The summed E-state index contributed by atoms with van der Waals surface area (Å²) in [4.78, 5) is 20.5. The van der Waals surface area contributed by atoms with Crippen LogP contribution < -0.4 is 10.5 Å². The second-order valence-corrected chi connectivity index (χ2v) is 6.77. The summed E-state index contributed by atoms with van der Waals surface area (Å²) in [5.74, 6) is 0.236. The molecule has 1 aromatic carbocycles. The minimum absolute atomic E-state index is 0.0990. The van der Waals surface area contributed by atoms with E-state index >= 15 is 0 Å². The molecule has 0 fully saturated rings. The van der Waals surface area contributed by atoms with Crippen LogP contribution in [0.5, 0.6) is 5.75 Å². The van der Waals surface area contributed by atoms with Crippen molar-refractivity contribution in [2.24, 2.45) is 10.7 Å². The zero-order chi connectivity index (χ0) is 20.8. The highest BCUT2D eigenvalue weighted by molar-refractivity contribution is 5.87. The molecular weight excluding hydrogens is 375 g/mol. The van der Waals surface area contributed by atoms with Crippen molar-refractivity contribution in [3.8, 4) is 16.9 Å². The van der Waals surface area contributed by atoms with Crippen molar-refractivity contribution in [1.82, 2.24) is 9.88 Å². The summed E-state index contributed by atoms with van der Waals surface area (Å²) in [5.41, 5.74) is 7.83. The summed E-state index contributed by atoms with van der Waals surface area (Å²) >= 11 is 0. The SMILES string of the molecule is CCOCC[C@H]1C[C@@H](N=C(N)N(C)C=O)c2cc(-c3cccnc3F)ccc2O1. The molecule has 2 N–H and O–H groups in total. The minimum atomic E-state index is -0.543. The second-order valence-electron chi connectivity index (χ2n) is 6.77. The number of nitrogens with two attached hydrogens (primary N) is 1. The average molecular weight is 400 g/mol. The van der Waals surface area contributed by atoms with Gasteiger partial charge in [-0.3, -0.25) is 9.69 Å². The molecule has 8 heteroatoms. The van der Waals surface area contributed by atoms with Gasteiger partial charge in [0.25, 0.3) is 0 Å². The van der Waals surface area contributed by atoms with E-state index in [2.05, 4.69) is 9.98 Å². The minimum Gasteiger partial charge on any atom is -0.490 e. The number of amides is 1.